The minimum Gasteiger partial charge on any atom is -0.478 e. The second-order valence-electron chi connectivity index (χ2n) is 6.24. The van der Waals surface area contributed by atoms with E-state index in [2.05, 4.69) is 6.92 Å². The van der Waals surface area contributed by atoms with Crippen molar-refractivity contribution in [2.45, 2.75) is 95.9 Å². The average Bonchev–Trinajstić information content (AvgIpc) is 2.51. The Morgan fingerprint density at radius 2 is 1.52 bits per heavy atom. The first-order valence-corrected chi connectivity index (χ1v) is 8.91. The van der Waals surface area contributed by atoms with Gasteiger partial charge in [-0.15, -0.1) is 0 Å². The molecule has 0 heterocycles. The zero-order valence-electron chi connectivity index (χ0n) is 14.4. The fourth-order valence-corrected chi connectivity index (χ4v) is 2.50. The van der Waals surface area contributed by atoms with Gasteiger partial charge in [-0.3, -0.25) is 0 Å². The van der Waals surface area contributed by atoms with Crippen LogP contribution in [0.25, 0.3) is 0 Å². The molecule has 5 heteroatoms. The van der Waals surface area contributed by atoms with Crippen LogP contribution in [-0.4, -0.2) is 44.7 Å². The van der Waals surface area contributed by atoms with E-state index >= 15 is 0 Å². The van der Waals surface area contributed by atoms with Gasteiger partial charge in [0.1, 0.15) is 0 Å². The molecule has 0 aromatic rings. The first kappa shape index (κ1) is 22.1. The van der Waals surface area contributed by atoms with Crippen LogP contribution >= 0.6 is 0 Å². The third-order valence-corrected chi connectivity index (χ3v) is 4.01. The summed E-state index contributed by atoms with van der Waals surface area (Å²) in [5, 5.41) is 38.0. The van der Waals surface area contributed by atoms with E-state index in [0.29, 0.717) is 19.3 Å². The second kappa shape index (κ2) is 14.7. The van der Waals surface area contributed by atoms with Crippen molar-refractivity contribution in [3.63, 3.8) is 0 Å². The lowest BCUT2D eigenvalue weighted by Gasteiger charge is -2.19. The number of carboxylic acid groups (broad SMARTS) is 1. The third kappa shape index (κ3) is 14.4. The van der Waals surface area contributed by atoms with Crippen LogP contribution in [0.15, 0.2) is 12.2 Å². The van der Waals surface area contributed by atoms with Crippen LogP contribution in [0.4, 0.5) is 0 Å². The summed E-state index contributed by atoms with van der Waals surface area (Å²) in [5.74, 6) is -0.930. The smallest absolute Gasteiger partial charge is 0.327 e. The lowest BCUT2D eigenvalue weighted by Crippen LogP contribution is -2.27. The molecule has 0 aromatic heterocycles. The first-order valence-electron chi connectivity index (χ1n) is 8.91. The third-order valence-electron chi connectivity index (χ3n) is 4.01. The van der Waals surface area contributed by atoms with Gasteiger partial charge < -0.3 is 20.4 Å². The monoisotopic (exact) mass is 330 g/mol. The van der Waals surface area contributed by atoms with Gasteiger partial charge in [0.15, 0.2) is 0 Å². The van der Waals surface area contributed by atoms with Crippen molar-refractivity contribution in [1.82, 2.24) is 0 Å². The Hall–Kier alpha value is -0.910. The summed E-state index contributed by atoms with van der Waals surface area (Å²) in [4.78, 5) is 10.3. The van der Waals surface area contributed by atoms with Gasteiger partial charge >= 0.3 is 5.97 Å². The summed E-state index contributed by atoms with van der Waals surface area (Å²) in [7, 11) is 0. The highest BCUT2D eigenvalue weighted by atomic mass is 16.4. The first-order chi connectivity index (χ1) is 11.0. The molecule has 5 nitrogen and oxygen atoms in total. The van der Waals surface area contributed by atoms with Gasteiger partial charge in [0.25, 0.3) is 0 Å². The highest BCUT2D eigenvalue weighted by Crippen LogP contribution is 2.15. The molecule has 0 radical (unpaired) electrons. The van der Waals surface area contributed by atoms with Gasteiger partial charge in [-0.05, 0) is 38.5 Å². The molecule has 3 atom stereocenters. The van der Waals surface area contributed by atoms with Crippen molar-refractivity contribution in [1.29, 1.82) is 0 Å². The van der Waals surface area contributed by atoms with Crippen molar-refractivity contribution >= 4 is 5.97 Å². The number of carboxylic acids is 1. The van der Waals surface area contributed by atoms with Crippen molar-refractivity contribution in [3.8, 4) is 0 Å². The van der Waals surface area contributed by atoms with E-state index in [4.69, 9.17) is 5.11 Å². The molecule has 0 aliphatic heterocycles. The van der Waals surface area contributed by atoms with Crippen LogP contribution in [0.5, 0.6) is 0 Å². The number of hydrogen-bond donors (Lipinski definition) is 4. The molecular weight excluding hydrogens is 296 g/mol. The van der Waals surface area contributed by atoms with Gasteiger partial charge in [0.05, 0.1) is 18.3 Å². The molecule has 0 rings (SSSR count). The Kier molecular flexibility index (Phi) is 14.1. The summed E-state index contributed by atoms with van der Waals surface area (Å²) in [6, 6.07) is 0. The van der Waals surface area contributed by atoms with Crippen LogP contribution in [-0.2, 0) is 4.79 Å². The molecule has 0 saturated carbocycles. The number of allylic oxidation sites excluding steroid dienone is 1. The van der Waals surface area contributed by atoms with Crippen LogP contribution in [0, 0.1) is 0 Å². The standard InChI is InChI=1S/C18H34O5/c1-2-3-7-10-15(19)13-14-17(21)16(20)11-8-5-4-6-9-12-18(22)23/h9,12,15-17,19-21H,2-8,10-11,13-14H2,1H3,(H,22,23)/b12-9+. The molecular formula is C18H34O5. The predicted octanol–water partition coefficient (Wildman–Crippen LogP) is 3.02. The molecule has 4 N–H and O–H groups in total. The van der Waals surface area contributed by atoms with Crippen LogP contribution in [0.2, 0.25) is 0 Å². The normalized spacial score (nSPS) is 15.7. The molecule has 0 amide bonds. The van der Waals surface area contributed by atoms with E-state index in [1.165, 1.54) is 0 Å². The number of unbranched alkanes of at least 4 members (excludes halogenated alkanes) is 5. The maximum absolute atomic E-state index is 10.3. The summed E-state index contributed by atoms with van der Waals surface area (Å²) < 4.78 is 0. The van der Waals surface area contributed by atoms with E-state index in [0.717, 1.165) is 57.4 Å². The summed E-state index contributed by atoms with van der Waals surface area (Å²) in [5.41, 5.74) is 0. The van der Waals surface area contributed by atoms with Crippen molar-refractivity contribution in [3.05, 3.63) is 12.2 Å². The molecule has 136 valence electrons. The van der Waals surface area contributed by atoms with E-state index < -0.39 is 18.2 Å². The van der Waals surface area contributed by atoms with Gasteiger partial charge in [-0.2, -0.15) is 0 Å². The lowest BCUT2D eigenvalue weighted by atomic mass is 9.98. The van der Waals surface area contributed by atoms with Crippen LogP contribution < -0.4 is 0 Å². The van der Waals surface area contributed by atoms with E-state index in [-0.39, 0.29) is 6.10 Å². The van der Waals surface area contributed by atoms with E-state index in [1.54, 1.807) is 6.08 Å². The fraction of sp³-hybridized carbons (Fsp3) is 0.833. The molecule has 0 saturated heterocycles. The Bertz CT molecular complexity index is 317. The maximum atomic E-state index is 10.3. The minimum absolute atomic E-state index is 0.385. The van der Waals surface area contributed by atoms with Crippen molar-refractivity contribution in [2.24, 2.45) is 0 Å². The summed E-state index contributed by atoms with van der Waals surface area (Å²) in [6.07, 6.45) is 9.67. The number of rotatable bonds is 15. The van der Waals surface area contributed by atoms with Crippen LogP contribution in [0.3, 0.4) is 0 Å². The lowest BCUT2D eigenvalue weighted by molar-refractivity contribution is -0.131. The Morgan fingerprint density at radius 3 is 2.17 bits per heavy atom. The molecule has 0 bridgehead atoms. The maximum Gasteiger partial charge on any atom is 0.327 e. The van der Waals surface area contributed by atoms with Gasteiger partial charge in [0.2, 0.25) is 0 Å². The Balaban J connectivity index is 3.61. The summed E-state index contributed by atoms with van der Waals surface area (Å²) in [6.45, 7) is 2.12. The molecule has 3 unspecified atom stereocenters. The predicted molar refractivity (Wildman–Crippen MR) is 91.3 cm³/mol. The Labute approximate surface area is 140 Å². The summed E-state index contributed by atoms with van der Waals surface area (Å²) >= 11 is 0. The molecule has 0 spiro atoms. The van der Waals surface area contributed by atoms with Gasteiger partial charge in [-0.25, -0.2) is 4.79 Å². The number of aliphatic hydroxyl groups excluding tert-OH is 3. The molecule has 0 aliphatic carbocycles. The van der Waals surface area contributed by atoms with Crippen molar-refractivity contribution < 1.29 is 25.2 Å². The Morgan fingerprint density at radius 1 is 0.870 bits per heavy atom. The SMILES string of the molecule is CCCCCC(O)CCC(O)C(O)CCCCC/C=C/C(=O)O. The molecule has 0 fully saturated rings. The molecule has 23 heavy (non-hydrogen) atoms. The molecule has 0 aliphatic rings. The zero-order valence-corrected chi connectivity index (χ0v) is 14.4. The number of aliphatic carboxylic acids is 1. The topological polar surface area (TPSA) is 98.0 Å². The quantitative estimate of drug-likeness (QED) is 0.273. The average molecular weight is 330 g/mol. The van der Waals surface area contributed by atoms with Gasteiger partial charge in [-0.1, -0.05) is 45.1 Å². The van der Waals surface area contributed by atoms with E-state index in [1.807, 2.05) is 0 Å². The number of carbonyl (C=O) groups is 1. The zero-order chi connectivity index (χ0) is 17.5. The number of hydrogen-bond acceptors (Lipinski definition) is 4. The second-order valence-corrected chi connectivity index (χ2v) is 6.24. The van der Waals surface area contributed by atoms with Gasteiger partial charge in [0, 0.05) is 6.08 Å². The highest BCUT2D eigenvalue weighted by Gasteiger charge is 2.17. The van der Waals surface area contributed by atoms with Crippen LogP contribution in [0.1, 0.15) is 77.6 Å². The fourth-order valence-electron chi connectivity index (χ4n) is 2.50. The minimum atomic E-state index is -0.930. The van der Waals surface area contributed by atoms with Crippen molar-refractivity contribution in [2.75, 3.05) is 0 Å². The van der Waals surface area contributed by atoms with E-state index in [9.17, 15) is 20.1 Å². The molecule has 0 aromatic carbocycles. The highest BCUT2D eigenvalue weighted by molar-refractivity contribution is 5.79. The largest absolute Gasteiger partial charge is 0.478 e. The number of aliphatic hydroxyl groups is 3.